The summed E-state index contributed by atoms with van der Waals surface area (Å²) in [5.41, 5.74) is 7.95. The third kappa shape index (κ3) is 2.12. The van der Waals surface area contributed by atoms with E-state index in [9.17, 15) is 4.39 Å². The largest absolute Gasteiger partial charge is 0.383 e. The molecule has 4 nitrogen and oxygen atoms in total. The van der Waals surface area contributed by atoms with Crippen LogP contribution < -0.4 is 5.73 Å². The van der Waals surface area contributed by atoms with Gasteiger partial charge in [0, 0.05) is 11.8 Å². The van der Waals surface area contributed by atoms with Gasteiger partial charge in [-0.25, -0.2) is 14.4 Å². The molecule has 0 bridgehead atoms. The van der Waals surface area contributed by atoms with Crippen molar-refractivity contribution in [2.75, 3.05) is 5.73 Å². The fraction of sp³-hybridized carbons (Fsp3) is 0. The summed E-state index contributed by atoms with van der Waals surface area (Å²) < 4.78 is 15.3. The molecule has 2 N–H and O–H groups in total. The summed E-state index contributed by atoms with van der Waals surface area (Å²) in [6.45, 7) is 0. The van der Waals surface area contributed by atoms with Gasteiger partial charge in [0.1, 0.15) is 11.6 Å². The van der Waals surface area contributed by atoms with Crippen molar-refractivity contribution in [2.45, 2.75) is 0 Å². The predicted octanol–water partition coefficient (Wildman–Crippen LogP) is 3.31. The van der Waals surface area contributed by atoms with Gasteiger partial charge in [-0.05, 0) is 30.3 Å². The van der Waals surface area contributed by atoms with Crippen LogP contribution in [0, 0.1) is 5.82 Å². The van der Waals surface area contributed by atoms with Crippen LogP contribution in [0.1, 0.15) is 0 Å². The maximum absolute atomic E-state index is 13.6. The minimum atomic E-state index is -0.483. The monoisotopic (exact) mass is 288 g/mol. The highest BCUT2D eigenvalue weighted by molar-refractivity contribution is 6.30. The Balaban J connectivity index is 2.15. The van der Waals surface area contributed by atoms with Crippen LogP contribution in [0.25, 0.3) is 16.9 Å². The molecule has 0 saturated carbocycles. The molecule has 2 aromatic heterocycles. The molecule has 0 radical (unpaired) electrons. The van der Waals surface area contributed by atoms with Crippen molar-refractivity contribution in [2.24, 2.45) is 0 Å². The van der Waals surface area contributed by atoms with Gasteiger partial charge in [-0.3, -0.25) is 4.57 Å². The van der Waals surface area contributed by atoms with Gasteiger partial charge in [0.2, 0.25) is 0 Å². The summed E-state index contributed by atoms with van der Waals surface area (Å²) in [7, 11) is 0. The third-order valence-electron chi connectivity index (χ3n) is 2.93. The number of imidazole rings is 1. The molecular formula is C14H10ClFN4. The number of nitrogens with zero attached hydrogens (tertiary/aromatic N) is 3. The summed E-state index contributed by atoms with van der Waals surface area (Å²) >= 11 is 5.69. The van der Waals surface area contributed by atoms with Crippen LogP contribution in [0.5, 0.6) is 0 Å². The molecule has 3 aromatic rings. The van der Waals surface area contributed by atoms with E-state index in [1.54, 1.807) is 35.4 Å². The van der Waals surface area contributed by atoms with Crippen molar-refractivity contribution < 1.29 is 4.39 Å². The highest BCUT2D eigenvalue weighted by Crippen LogP contribution is 2.27. The lowest BCUT2D eigenvalue weighted by molar-refractivity contribution is 0.627. The zero-order chi connectivity index (χ0) is 14.1. The number of hydrogen-bond acceptors (Lipinski definition) is 3. The maximum atomic E-state index is 13.6. The van der Waals surface area contributed by atoms with E-state index >= 15 is 0 Å². The second kappa shape index (κ2) is 4.94. The first-order valence-electron chi connectivity index (χ1n) is 5.85. The van der Waals surface area contributed by atoms with E-state index in [4.69, 9.17) is 17.3 Å². The molecule has 2 heterocycles. The molecule has 0 aliphatic rings. The standard InChI is InChI=1S/C14H10ClFN4/c15-11-4-3-9(6-12(11)16)20-8-18-7-13(20)10-2-1-5-19-14(10)17/h1-8H,(H2,17,19). The summed E-state index contributed by atoms with van der Waals surface area (Å²) in [5, 5.41) is 0.0799. The Bertz CT molecular complexity index is 769. The minimum absolute atomic E-state index is 0.0799. The number of benzene rings is 1. The smallest absolute Gasteiger partial charge is 0.143 e. The van der Waals surface area contributed by atoms with Crippen LogP contribution >= 0.6 is 11.6 Å². The van der Waals surface area contributed by atoms with Gasteiger partial charge in [-0.1, -0.05) is 11.6 Å². The Morgan fingerprint density at radius 1 is 1.25 bits per heavy atom. The average Bonchev–Trinajstić information content (AvgIpc) is 2.91. The molecule has 6 heteroatoms. The number of pyridine rings is 1. The third-order valence-corrected chi connectivity index (χ3v) is 3.24. The zero-order valence-electron chi connectivity index (χ0n) is 10.3. The lowest BCUT2D eigenvalue weighted by Crippen LogP contribution is -1.99. The van der Waals surface area contributed by atoms with Crippen molar-refractivity contribution in [1.29, 1.82) is 0 Å². The molecule has 0 fully saturated rings. The van der Waals surface area contributed by atoms with Gasteiger partial charge < -0.3 is 5.73 Å². The van der Waals surface area contributed by atoms with Gasteiger partial charge in [-0.15, -0.1) is 0 Å². The molecule has 0 unspecified atom stereocenters. The minimum Gasteiger partial charge on any atom is -0.383 e. The molecular weight excluding hydrogens is 279 g/mol. The number of aromatic nitrogens is 3. The molecule has 1 aromatic carbocycles. The van der Waals surface area contributed by atoms with Crippen molar-refractivity contribution in [3.63, 3.8) is 0 Å². The number of nitrogen functional groups attached to an aromatic ring is 1. The zero-order valence-corrected chi connectivity index (χ0v) is 11.0. The highest BCUT2D eigenvalue weighted by Gasteiger charge is 2.11. The van der Waals surface area contributed by atoms with Gasteiger partial charge in [0.25, 0.3) is 0 Å². The fourth-order valence-electron chi connectivity index (χ4n) is 1.97. The second-order valence-corrected chi connectivity index (χ2v) is 4.59. The van der Waals surface area contributed by atoms with E-state index in [1.165, 1.54) is 12.1 Å². The van der Waals surface area contributed by atoms with Crippen molar-refractivity contribution >= 4 is 17.4 Å². The lowest BCUT2D eigenvalue weighted by atomic mass is 10.2. The van der Waals surface area contributed by atoms with E-state index in [2.05, 4.69) is 9.97 Å². The van der Waals surface area contributed by atoms with Gasteiger partial charge >= 0.3 is 0 Å². The highest BCUT2D eigenvalue weighted by atomic mass is 35.5. The Hall–Kier alpha value is -2.40. The second-order valence-electron chi connectivity index (χ2n) is 4.18. The van der Waals surface area contributed by atoms with E-state index in [0.29, 0.717) is 11.5 Å². The van der Waals surface area contributed by atoms with Gasteiger partial charge in [0.05, 0.1) is 28.9 Å². The number of halogens is 2. The van der Waals surface area contributed by atoms with E-state index in [1.807, 2.05) is 6.07 Å². The van der Waals surface area contributed by atoms with Crippen LogP contribution in [0.15, 0.2) is 49.1 Å². The molecule has 0 atom stereocenters. The van der Waals surface area contributed by atoms with E-state index in [-0.39, 0.29) is 5.02 Å². The Morgan fingerprint density at radius 2 is 2.10 bits per heavy atom. The average molecular weight is 289 g/mol. The summed E-state index contributed by atoms with van der Waals surface area (Å²) in [5.74, 6) is -0.0911. The van der Waals surface area contributed by atoms with Gasteiger partial charge in [-0.2, -0.15) is 0 Å². The predicted molar refractivity (Wildman–Crippen MR) is 76.2 cm³/mol. The molecule has 3 rings (SSSR count). The van der Waals surface area contributed by atoms with Crippen molar-refractivity contribution in [3.8, 4) is 16.9 Å². The summed E-state index contributed by atoms with van der Waals surface area (Å²) in [6, 6.07) is 8.18. The fourth-order valence-corrected chi connectivity index (χ4v) is 2.09. The number of rotatable bonds is 2. The van der Waals surface area contributed by atoms with Crippen LogP contribution in [-0.4, -0.2) is 14.5 Å². The van der Waals surface area contributed by atoms with E-state index in [0.717, 1.165) is 11.3 Å². The first kappa shape index (κ1) is 12.6. The van der Waals surface area contributed by atoms with Crippen LogP contribution in [0.3, 0.4) is 0 Å². The Labute approximate surface area is 119 Å². The molecule has 0 aliphatic heterocycles. The lowest BCUT2D eigenvalue weighted by Gasteiger charge is -2.10. The summed E-state index contributed by atoms with van der Waals surface area (Å²) in [6.07, 6.45) is 4.85. The number of hydrogen-bond donors (Lipinski definition) is 1. The van der Waals surface area contributed by atoms with Crippen molar-refractivity contribution in [1.82, 2.24) is 14.5 Å². The molecule has 100 valence electrons. The topological polar surface area (TPSA) is 56.7 Å². The molecule has 20 heavy (non-hydrogen) atoms. The number of nitrogens with two attached hydrogens (primary N) is 1. The molecule has 0 spiro atoms. The van der Waals surface area contributed by atoms with Crippen LogP contribution in [-0.2, 0) is 0 Å². The summed E-state index contributed by atoms with van der Waals surface area (Å²) in [4.78, 5) is 8.14. The Kier molecular flexibility index (Phi) is 3.12. The van der Waals surface area contributed by atoms with Crippen LogP contribution in [0.2, 0.25) is 5.02 Å². The van der Waals surface area contributed by atoms with Crippen molar-refractivity contribution in [3.05, 3.63) is 59.9 Å². The van der Waals surface area contributed by atoms with E-state index < -0.39 is 5.82 Å². The molecule has 0 aliphatic carbocycles. The molecule has 0 saturated heterocycles. The molecule has 0 amide bonds. The Morgan fingerprint density at radius 3 is 2.85 bits per heavy atom. The first-order valence-corrected chi connectivity index (χ1v) is 6.23. The quantitative estimate of drug-likeness (QED) is 0.787. The van der Waals surface area contributed by atoms with Gasteiger partial charge in [0.15, 0.2) is 0 Å². The maximum Gasteiger partial charge on any atom is 0.143 e. The SMILES string of the molecule is Nc1ncccc1-c1cncn1-c1ccc(Cl)c(F)c1. The number of anilines is 1. The first-order chi connectivity index (χ1) is 9.66. The van der Waals surface area contributed by atoms with Crippen LogP contribution in [0.4, 0.5) is 10.2 Å². The normalized spacial score (nSPS) is 10.7.